The lowest BCUT2D eigenvalue weighted by Crippen LogP contribution is -2.47. The maximum absolute atomic E-state index is 14.9. The molecule has 0 bridgehead atoms. The summed E-state index contributed by atoms with van der Waals surface area (Å²) < 4.78 is 82.4. The van der Waals surface area contributed by atoms with Crippen molar-refractivity contribution in [3.63, 3.8) is 0 Å². The van der Waals surface area contributed by atoms with Crippen LogP contribution in [0.4, 0.5) is 27.6 Å². The van der Waals surface area contributed by atoms with Crippen LogP contribution in [0.5, 0.6) is 5.75 Å². The predicted molar refractivity (Wildman–Crippen MR) is 119 cm³/mol. The molecule has 13 heteroatoms. The third kappa shape index (κ3) is 4.85. The van der Waals surface area contributed by atoms with E-state index in [-0.39, 0.29) is 29.8 Å². The highest BCUT2D eigenvalue weighted by Crippen LogP contribution is 2.55. The van der Waals surface area contributed by atoms with Gasteiger partial charge in [0, 0.05) is 42.1 Å². The number of ether oxygens (including phenoxy) is 2. The van der Waals surface area contributed by atoms with Gasteiger partial charge in [0.25, 0.3) is 11.8 Å². The third-order valence-electron chi connectivity index (χ3n) is 7.00. The largest absolute Gasteiger partial charge is 0.487 e. The molecule has 1 saturated heterocycles. The number of nitrogens with two attached hydrogens (primary N) is 1. The van der Waals surface area contributed by atoms with Gasteiger partial charge in [0.1, 0.15) is 17.9 Å². The fraction of sp³-hybridized carbons (Fsp3) is 0.458. The molecule has 1 aromatic heterocycles. The first-order valence-electron chi connectivity index (χ1n) is 11.4. The van der Waals surface area contributed by atoms with Crippen molar-refractivity contribution in [2.24, 2.45) is 11.7 Å². The second-order valence-electron chi connectivity index (χ2n) is 9.39. The average molecular weight is 529 g/mol. The summed E-state index contributed by atoms with van der Waals surface area (Å²) >= 11 is 0. The fourth-order valence-electron chi connectivity index (χ4n) is 4.61. The highest BCUT2D eigenvalue weighted by molar-refractivity contribution is 5.97. The number of carbonyl (C=O) groups excluding carboxylic acids is 2. The van der Waals surface area contributed by atoms with Crippen molar-refractivity contribution in [3.8, 4) is 5.75 Å². The molecular weight excluding hydrogens is 505 g/mol. The van der Waals surface area contributed by atoms with Gasteiger partial charge in [-0.2, -0.15) is 17.6 Å². The first kappa shape index (κ1) is 26.7. The van der Waals surface area contributed by atoms with E-state index in [9.17, 15) is 36.6 Å². The van der Waals surface area contributed by atoms with Crippen LogP contribution in [-0.2, 0) is 9.53 Å². The van der Waals surface area contributed by atoms with Gasteiger partial charge < -0.3 is 25.6 Å². The number of alkyl halides is 3. The Hall–Kier alpha value is -3.32. The summed E-state index contributed by atoms with van der Waals surface area (Å²) in [4.78, 5) is 28.4. The van der Waals surface area contributed by atoms with Crippen LogP contribution in [0.3, 0.4) is 0 Å². The van der Waals surface area contributed by atoms with Crippen LogP contribution in [0.2, 0.25) is 0 Å². The first-order valence-corrected chi connectivity index (χ1v) is 11.4. The van der Waals surface area contributed by atoms with Gasteiger partial charge in [0.2, 0.25) is 5.82 Å². The highest BCUT2D eigenvalue weighted by Gasteiger charge is 2.66. The number of rotatable bonds is 6. The highest BCUT2D eigenvalue weighted by atomic mass is 19.4. The van der Waals surface area contributed by atoms with Crippen LogP contribution in [0.15, 0.2) is 30.5 Å². The van der Waals surface area contributed by atoms with E-state index in [1.165, 1.54) is 19.2 Å². The van der Waals surface area contributed by atoms with Crippen LogP contribution in [0.25, 0.3) is 0 Å². The Morgan fingerprint density at radius 2 is 1.92 bits per heavy atom. The van der Waals surface area contributed by atoms with E-state index in [0.717, 1.165) is 25.1 Å². The Kier molecular flexibility index (Phi) is 6.88. The summed E-state index contributed by atoms with van der Waals surface area (Å²) in [5.74, 6) is -8.14. The standard InChI is InChI=1S/C24H24F5N3O5/c1-10-17(14-3-4-15(25)18(26)19(14)36-13-8-12(33)9-13)20(37-23(10,2)24(27,28)29)22(35)32-11-5-6-31-16(7-11)21(30)34/h3-7,10,12-13,17,20,33H,8-9H2,1-2H3,(H2,30,34)(H,31,32,35)/t10-,12-,13+,17-,20+,23+/m0/s1. The van der Waals surface area contributed by atoms with E-state index in [4.69, 9.17) is 15.2 Å². The number of aromatic nitrogens is 1. The van der Waals surface area contributed by atoms with Crippen molar-refractivity contribution in [3.05, 3.63) is 53.4 Å². The molecular formula is C24H24F5N3O5. The second kappa shape index (κ2) is 9.53. The van der Waals surface area contributed by atoms with Gasteiger partial charge in [-0.1, -0.05) is 13.0 Å². The number of nitrogens with one attached hydrogen (secondary N) is 1. The van der Waals surface area contributed by atoms with Crippen molar-refractivity contribution in [1.82, 2.24) is 4.98 Å². The predicted octanol–water partition coefficient (Wildman–Crippen LogP) is 3.44. The van der Waals surface area contributed by atoms with Crippen molar-refractivity contribution in [1.29, 1.82) is 0 Å². The Bertz CT molecular complexity index is 1220. The zero-order chi connectivity index (χ0) is 27.3. The van der Waals surface area contributed by atoms with Gasteiger partial charge in [-0.15, -0.1) is 0 Å². The second-order valence-corrected chi connectivity index (χ2v) is 9.39. The lowest BCUT2D eigenvalue weighted by Gasteiger charge is -2.34. The molecule has 2 heterocycles. The number of nitrogens with zero attached hydrogens (tertiary/aromatic N) is 1. The normalized spacial score (nSPS) is 29.5. The zero-order valence-corrected chi connectivity index (χ0v) is 19.7. The number of primary amides is 1. The van der Waals surface area contributed by atoms with E-state index in [1.807, 2.05) is 0 Å². The molecule has 4 atom stereocenters. The van der Waals surface area contributed by atoms with E-state index < -0.39 is 71.1 Å². The van der Waals surface area contributed by atoms with Gasteiger partial charge >= 0.3 is 6.18 Å². The number of aliphatic hydroxyl groups excluding tert-OH is 1. The monoisotopic (exact) mass is 529 g/mol. The Labute approximate surface area is 208 Å². The van der Waals surface area contributed by atoms with Crippen LogP contribution in [0, 0.1) is 17.6 Å². The van der Waals surface area contributed by atoms with E-state index in [1.54, 1.807) is 0 Å². The number of halogens is 5. The summed E-state index contributed by atoms with van der Waals surface area (Å²) in [7, 11) is 0. The molecule has 2 fully saturated rings. The van der Waals surface area contributed by atoms with Crippen molar-refractivity contribution in [2.45, 2.75) is 62.7 Å². The lowest BCUT2D eigenvalue weighted by molar-refractivity contribution is -0.272. The molecule has 1 aliphatic heterocycles. The molecule has 0 spiro atoms. The van der Waals surface area contributed by atoms with E-state index in [0.29, 0.717) is 0 Å². The molecule has 1 aromatic carbocycles. The molecule has 2 aromatic rings. The van der Waals surface area contributed by atoms with Crippen molar-refractivity contribution in [2.75, 3.05) is 5.32 Å². The third-order valence-corrected chi connectivity index (χ3v) is 7.00. The van der Waals surface area contributed by atoms with E-state index in [2.05, 4.69) is 10.3 Å². The van der Waals surface area contributed by atoms with Crippen molar-refractivity contribution < 1.29 is 46.1 Å². The number of hydrogen-bond acceptors (Lipinski definition) is 6. The lowest BCUT2D eigenvalue weighted by atomic mass is 9.76. The quantitative estimate of drug-likeness (QED) is 0.493. The summed E-state index contributed by atoms with van der Waals surface area (Å²) in [6.45, 7) is 1.97. The number of anilines is 1. The molecule has 1 saturated carbocycles. The van der Waals surface area contributed by atoms with Crippen LogP contribution in [-0.4, -0.2) is 52.0 Å². The minimum atomic E-state index is -4.92. The average Bonchev–Trinajstić information content (AvgIpc) is 3.08. The van der Waals surface area contributed by atoms with Gasteiger partial charge in [-0.05, 0) is 25.1 Å². The Morgan fingerprint density at radius 3 is 2.51 bits per heavy atom. The molecule has 0 unspecified atom stereocenters. The summed E-state index contributed by atoms with van der Waals surface area (Å²) in [5.41, 5.74) is 1.98. The number of amides is 2. The minimum Gasteiger partial charge on any atom is -0.487 e. The Morgan fingerprint density at radius 1 is 1.24 bits per heavy atom. The number of hydrogen-bond donors (Lipinski definition) is 3. The smallest absolute Gasteiger partial charge is 0.417 e. The topological polar surface area (TPSA) is 124 Å². The molecule has 0 radical (unpaired) electrons. The summed E-state index contributed by atoms with van der Waals surface area (Å²) in [6, 6.07) is 4.22. The maximum atomic E-state index is 14.9. The van der Waals surface area contributed by atoms with Crippen LogP contribution in [0.1, 0.15) is 48.7 Å². The number of aliphatic hydroxyl groups is 1. The van der Waals surface area contributed by atoms with Crippen molar-refractivity contribution >= 4 is 17.5 Å². The first-order chi connectivity index (χ1) is 17.2. The molecule has 37 heavy (non-hydrogen) atoms. The summed E-state index contributed by atoms with van der Waals surface area (Å²) in [6.07, 6.45) is -6.70. The molecule has 8 nitrogen and oxygen atoms in total. The fourth-order valence-corrected chi connectivity index (χ4v) is 4.61. The molecule has 1 aliphatic carbocycles. The number of pyridine rings is 1. The zero-order valence-electron chi connectivity index (χ0n) is 19.7. The molecule has 2 amide bonds. The Balaban J connectivity index is 1.75. The van der Waals surface area contributed by atoms with Gasteiger partial charge in [-0.3, -0.25) is 14.6 Å². The van der Waals surface area contributed by atoms with E-state index >= 15 is 0 Å². The van der Waals surface area contributed by atoms with Gasteiger partial charge in [-0.25, -0.2) is 4.39 Å². The molecule has 2 aliphatic rings. The van der Waals surface area contributed by atoms with Crippen LogP contribution >= 0.6 is 0 Å². The van der Waals surface area contributed by atoms with Gasteiger partial charge in [0.15, 0.2) is 17.2 Å². The van der Waals surface area contributed by atoms with Crippen LogP contribution < -0.4 is 15.8 Å². The number of carbonyl (C=O) groups is 2. The molecule has 4 N–H and O–H groups in total. The number of benzene rings is 1. The maximum Gasteiger partial charge on any atom is 0.417 e. The minimum absolute atomic E-state index is 0.00892. The molecule has 200 valence electrons. The summed E-state index contributed by atoms with van der Waals surface area (Å²) in [5, 5.41) is 11.9. The molecule has 4 rings (SSSR count). The van der Waals surface area contributed by atoms with Gasteiger partial charge in [0.05, 0.1) is 6.10 Å². The SMILES string of the molecule is C[C@H]1[C@@H](c2ccc(F)c(F)c2O[C@H]2C[C@@H](O)C2)[C@H](C(=O)Nc2ccnc(C(N)=O)c2)O[C@@]1(C)C(F)(F)F.